The molecule has 266 valence electrons. The number of nitrogens with zero attached hydrogens (tertiary/aromatic N) is 5. The van der Waals surface area contributed by atoms with E-state index in [0.29, 0.717) is 63.7 Å². The molecule has 2 unspecified atom stereocenters. The molecule has 0 saturated carbocycles. The molecule has 0 radical (unpaired) electrons. The third-order valence-corrected chi connectivity index (χ3v) is 12.6. The Balaban J connectivity index is 1.02. The van der Waals surface area contributed by atoms with Gasteiger partial charge in [0.05, 0.1) is 23.5 Å². The van der Waals surface area contributed by atoms with E-state index in [9.17, 15) is 27.6 Å². The zero-order valence-electron chi connectivity index (χ0n) is 27.3. The molecule has 5 aliphatic heterocycles. The number of hydrogen-bond donors (Lipinski definition) is 3. The molecule has 2 bridgehead atoms. The minimum absolute atomic E-state index is 0.0443. The summed E-state index contributed by atoms with van der Waals surface area (Å²) in [5, 5.41) is 7.78. The predicted molar refractivity (Wildman–Crippen MR) is 184 cm³/mol. The summed E-state index contributed by atoms with van der Waals surface area (Å²) in [6, 6.07) is 4.14. The molecule has 1 aromatic heterocycles. The average Bonchev–Trinajstić information content (AvgIpc) is 3.80. The van der Waals surface area contributed by atoms with Crippen LogP contribution in [-0.2, 0) is 23.9 Å². The standard InChI is InChI=1S/C33H42BrF3N8O3S/c1-41-16-23-15-22(41)17-44(23)20-2-7-42(8-3-20)30(46)27(14-19-12-24(33(35,36)37)29(38)25(34)13-19)40-31(47)43-9-4-21(5-10-43)45-18-28-26(6-11-49-28)39-32(45)48/h6,11-13,20-23,27H,2-5,7-10,14-18,38H2,1H3,(H,39,48)(H,40,47)/t22?,23?,27-/m1/s1. The largest absolute Gasteiger partial charge is 0.418 e. The van der Waals surface area contributed by atoms with E-state index in [2.05, 4.69) is 43.4 Å². The SMILES string of the molecule is CN1CC2CC1CN2C1CCN(C(=O)[C@@H](Cc2cc(Br)c(N)c(C(F)(F)F)c2)NC(=O)N2CCC(N3Cc4sccc4NC3=O)CC2)CC1. The number of amides is 5. The van der Waals surface area contributed by atoms with Crippen molar-refractivity contribution in [3.05, 3.63) is 44.1 Å². The van der Waals surface area contributed by atoms with Crippen molar-refractivity contribution in [2.24, 2.45) is 0 Å². The second kappa shape index (κ2) is 13.6. The number of benzene rings is 1. The Kier molecular flexibility index (Phi) is 9.52. The van der Waals surface area contributed by atoms with Crippen LogP contribution >= 0.6 is 27.3 Å². The topological polar surface area (TPSA) is 117 Å². The van der Waals surface area contributed by atoms with Gasteiger partial charge in [-0.1, -0.05) is 0 Å². The molecule has 0 aliphatic carbocycles. The highest BCUT2D eigenvalue weighted by atomic mass is 79.9. The van der Waals surface area contributed by atoms with Gasteiger partial charge in [-0.05, 0) is 84.2 Å². The number of nitrogens with one attached hydrogen (secondary N) is 2. The number of carbonyl (C=O) groups excluding carboxylic acids is 3. The van der Waals surface area contributed by atoms with Crippen LogP contribution < -0.4 is 16.4 Å². The first kappa shape index (κ1) is 34.4. The number of nitrogens with two attached hydrogens (primary N) is 1. The monoisotopic (exact) mass is 766 g/mol. The minimum atomic E-state index is -4.68. The summed E-state index contributed by atoms with van der Waals surface area (Å²) in [6.07, 6.45) is -0.854. The van der Waals surface area contributed by atoms with Crippen LogP contribution in [0.2, 0.25) is 0 Å². The summed E-state index contributed by atoms with van der Waals surface area (Å²) in [5.41, 5.74) is 5.43. The second-order valence-electron chi connectivity index (χ2n) is 14.0. The second-order valence-corrected chi connectivity index (χ2v) is 15.9. The number of carbonyl (C=O) groups is 3. The fraction of sp³-hybridized carbons (Fsp3) is 0.606. The summed E-state index contributed by atoms with van der Waals surface area (Å²) < 4.78 is 41.6. The van der Waals surface area contributed by atoms with E-state index in [-0.39, 0.29) is 34.4 Å². The summed E-state index contributed by atoms with van der Waals surface area (Å²) in [6.45, 7) is 4.43. The van der Waals surface area contributed by atoms with Crippen LogP contribution in [0.5, 0.6) is 0 Å². The fourth-order valence-corrected chi connectivity index (χ4v) is 9.68. The van der Waals surface area contributed by atoms with E-state index in [1.54, 1.807) is 21.1 Å². The highest BCUT2D eigenvalue weighted by molar-refractivity contribution is 9.10. The quantitative estimate of drug-likeness (QED) is 0.370. The first-order chi connectivity index (χ1) is 23.4. The van der Waals surface area contributed by atoms with Crippen LogP contribution in [0.25, 0.3) is 0 Å². The number of nitrogen functional groups attached to an aromatic ring is 1. The lowest BCUT2D eigenvalue weighted by atomic mass is 9.98. The number of alkyl halides is 3. The van der Waals surface area contributed by atoms with E-state index < -0.39 is 29.5 Å². The lowest BCUT2D eigenvalue weighted by Crippen LogP contribution is -2.58. The van der Waals surface area contributed by atoms with E-state index >= 15 is 0 Å². The number of piperazine rings is 1. The number of piperidine rings is 2. The molecule has 0 spiro atoms. The Bertz CT molecular complexity index is 1590. The van der Waals surface area contributed by atoms with Crippen LogP contribution in [0.15, 0.2) is 28.1 Å². The first-order valence-electron chi connectivity index (χ1n) is 16.9. The van der Waals surface area contributed by atoms with Crippen LogP contribution in [0.4, 0.5) is 34.1 Å². The third-order valence-electron chi connectivity index (χ3n) is 11.1. The molecule has 3 atom stereocenters. The number of rotatable bonds is 6. The number of halogens is 4. The van der Waals surface area contributed by atoms with Crippen LogP contribution in [0.3, 0.4) is 0 Å². The number of likely N-dealkylation sites (tertiary alicyclic amines) is 4. The summed E-state index contributed by atoms with van der Waals surface area (Å²) in [5.74, 6) is -0.303. The summed E-state index contributed by atoms with van der Waals surface area (Å²) >= 11 is 4.75. The van der Waals surface area contributed by atoms with E-state index in [4.69, 9.17) is 5.73 Å². The molecule has 1 aromatic carbocycles. The number of likely N-dealkylation sites (N-methyl/N-ethyl adjacent to an activating group) is 1. The molecular weight excluding hydrogens is 725 g/mol. The van der Waals surface area contributed by atoms with E-state index in [0.717, 1.165) is 42.6 Å². The van der Waals surface area contributed by atoms with Crippen molar-refractivity contribution in [1.82, 2.24) is 29.8 Å². The smallest absolute Gasteiger partial charge is 0.397 e. The molecule has 7 rings (SSSR count). The number of hydrogen-bond acceptors (Lipinski definition) is 7. The van der Waals surface area contributed by atoms with Gasteiger partial charge in [0.1, 0.15) is 6.04 Å². The lowest BCUT2D eigenvalue weighted by Gasteiger charge is -2.43. The van der Waals surface area contributed by atoms with Gasteiger partial charge in [0.15, 0.2) is 0 Å². The Labute approximate surface area is 296 Å². The average molecular weight is 768 g/mol. The van der Waals surface area contributed by atoms with Crippen molar-refractivity contribution in [1.29, 1.82) is 0 Å². The highest BCUT2D eigenvalue weighted by Gasteiger charge is 2.45. The summed E-state index contributed by atoms with van der Waals surface area (Å²) in [7, 11) is 2.17. The van der Waals surface area contributed by atoms with Crippen molar-refractivity contribution in [2.75, 3.05) is 57.4 Å². The van der Waals surface area contributed by atoms with Crippen molar-refractivity contribution in [3.63, 3.8) is 0 Å². The molecule has 16 heteroatoms. The van der Waals surface area contributed by atoms with Crippen molar-refractivity contribution in [3.8, 4) is 0 Å². The van der Waals surface area contributed by atoms with Crippen molar-refractivity contribution < 1.29 is 27.6 Å². The van der Waals surface area contributed by atoms with Gasteiger partial charge in [0.25, 0.3) is 0 Å². The maximum absolute atomic E-state index is 14.1. The lowest BCUT2D eigenvalue weighted by molar-refractivity contribution is -0.137. The van der Waals surface area contributed by atoms with Crippen LogP contribution in [0, 0.1) is 0 Å². The van der Waals surface area contributed by atoms with Gasteiger partial charge in [-0.15, -0.1) is 11.3 Å². The van der Waals surface area contributed by atoms with Gasteiger partial charge in [-0.2, -0.15) is 13.2 Å². The maximum atomic E-state index is 14.1. The molecular formula is C33H42BrF3N8O3S. The van der Waals surface area contributed by atoms with Crippen LogP contribution in [0.1, 0.15) is 48.1 Å². The van der Waals surface area contributed by atoms with Gasteiger partial charge >= 0.3 is 18.2 Å². The first-order valence-corrected chi connectivity index (χ1v) is 18.6. The van der Waals surface area contributed by atoms with E-state index in [1.165, 1.54) is 12.5 Å². The fourth-order valence-electron chi connectivity index (χ4n) is 8.35. The number of urea groups is 2. The van der Waals surface area contributed by atoms with Crippen LogP contribution in [-0.4, -0.2) is 119 Å². The zero-order valence-corrected chi connectivity index (χ0v) is 29.7. The highest BCUT2D eigenvalue weighted by Crippen LogP contribution is 2.39. The van der Waals surface area contributed by atoms with E-state index in [1.807, 2.05) is 16.3 Å². The van der Waals surface area contributed by atoms with Gasteiger partial charge < -0.3 is 36.0 Å². The molecule has 2 aromatic rings. The minimum Gasteiger partial charge on any atom is -0.397 e. The Morgan fingerprint density at radius 3 is 2.39 bits per heavy atom. The van der Waals surface area contributed by atoms with Gasteiger partial charge in [0.2, 0.25) is 5.91 Å². The predicted octanol–water partition coefficient (Wildman–Crippen LogP) is 4.62. The zero-order chi connectivity index (χ0) is 34.6. The summed E-state index contributed by atoms with van der Waals surface area (Å²) in [4.78, 5) is 51.8. The van der Waals surface area contributed by atoms with Crippen molar-refractivity contribution >= 4 is 56.6 Å². The van der Waals surface area contributed by atoms with Gasteiger partial charge in [-0.3, -0.25) is 9.69 Å². The maximum Gasteiger partial charge on any atom is 0.418 e. The van der Waals surface area contributed by atoms with Gasteiger partial charge in [-0.25, -0.2) is 9.59 Å². The molecule has 6 heterocycles. The van der Waals surface area contributed by atoms with Crippen molar-refractivity contribution in [2.45, 2.75) is 81.5 Å². The molecule has 5 aliphatic rings. The number of fused-ring (bicyclic) bond motifs is 3. The molecule has 49 heavy (non-hydrogen) atoms. The Hall–Kier alpha value is -3.08. The van der Waals surface area contributed by atoms with Gasteiger partial charge in [0, 0.05) is 79.2 Å². The molecule has 4 fully saturated rings. The number of anilines is 2. The third kappa shape index (κ3) is 6.97. The number of thiophene rings is 1. The molecule has 5 amide bonds. The molecule has 4 saturated heterocycles. The molecule has 4 N–H and O–H groups in total. The Morgan fingerprint density at radius 2 is 1.73 bits per heavy atom. The normalized spacial score (nSPS) is 24.7. The molecule has 11 nitrogen and oxygen atoms in total. The Morgan fingerprint density at radius 1 is 1.04 bits per heavy atom.